The van der Waals surface area contributed by atoms with Gasteiger partial charge in [-0.25, -0.2) is 4.79 Å². The summed E-state index contributed by atoms with van der Waals surface area (Å²) in [5.41, 5.74) is 1.66. The van der Waals surface area contributed by atoms with Gasteiger partial charge >= 0.3 is 6.09 Å². The van der Waals surface area contributed by atoms with Gasteiger partial charge in [0.05, 0.1) is 7.11 Å². The van der Waals surface area contributed by atoms with E-state index in [1.165, 1.54) is 4.90 Å². The molecule has 0 radical (unpaired) electrons. The lowest BCUT2D eigenvalue weighted by molar-refractivity contribution is -0.133. The van der Waals surface area contributed by atoms with Crippen molar-refractivity contribution in [3.63, 3.8) is 0 Å². The molecule has 0 heterocycles. The molecule has 2 aromatic carbocycles. The van der Waals surface area contributed by atoms with Gasteiger partial charge in [0.2, 0.25) is 5.91 Å². The van der Waals surface area contributed by atoms with Gasteiger partial charge in [-0.15, -0.1) is 0 Å². The standard InChI is InChI=1S/C22H27ClN2O4/c1-15(2)20(24-22(27)29-14-16-8-6-5-7-9-16)21(26)25(3)13-17-12-18(23)10-11-19(17)28-4/h5-12,15,20H,13-14H2,1-4H3,(H,24,27)/t20-/m0/s1. The number of rotatable bonds is 8. The Balaban J connectivity index is 2.00. The number of hydrogen-bond donors (Lipinski definition) is 1. The Morgan fingerprint density at radius 2 is 1.83 bits per heavy atom. The van der Waals surface area contributed by atoms with Gasteiger partial charge in [0.15, 0.2) is 0 Å². The fourth-order valence-corrected chi connectivity index (χ4v) is 3.04. The third-order valence-electron chi connectivity index (χ3n) is 4.45. The Kier molecular flexibility index (Phi) is 8.34. The average Bonchev–Trinajstić information content (AvgIpc) is 2.70. The van der Waals surface area contributed by atoms with Crippen LogP contribution in [0.4, 0.5) is 4.79 Å². The molecule has 0 aliphatic heterocycles. The largest absolute Gasteiger partial charge is 0.496 e. The number of methoxy groups -OCH3 is 1. The molecule has 2 aromatic rings. The number of ether oxygens (including phenoxy) is 2. The van der Waals surface area contributed by atoms with Crippen molar-refractivity contribution in [1.29, 1.82) is 0 Å². The van der Waals surface area contributed by atoms with Crippen molar-refractivity contribution in [3.8, 4) is 5.75 Å². The van der Waals surface area contributed by atoms with Crippen LogP contribution in [0.1, 0.15) is 25.0 Å². The van der Waals surface area contributed by atoms with Crippen LogP contribution in [-0.2, 0) is 22.7 Å². The first-order valence-corrected chi connectivity index (χ1v) is 9.74. The molecule has 0 fully saturated rings. The number of nitrogens with one attached hydrogen (secondary N) is 1. The smallest absolute Gasteiger partial charge is 0.408 e. The van der Waals surface area contributed by atoms with E-state index in [-0.39, 0.29) is 18.4 Å². The minimum atomic E-state index is -0.714. The monoisotopic (exact) mass is 418 g/mol. The Labute approximate surface area is 176 Å². The summed E-state index contributed by atoms with van der Waals surface area (Å²) < 4.78 is 10.6. The zero-order chi connectivity index (χ0) is 21.4. The van der Waals surface area contributed by atoms with E-state index in [4.69, 9.17) is 21.1 Å². The number of hydrogen-bond acceptors (Lipinski definition) is 4. The first kappa shape index (κ1) is 22.6. The number of benzene rings is 2. The maximum Gasteiger partial charge on any atom is 0.408 e. The summed E-state index contributed by atoms with van der Waals surface area (Å²) in [4.78, 5) is 26.7. The second-order valence-electron chi connectivity index (χ2n) is 7.08. The summed E-state index contributed by atoms with van der Waals surface area (Å²) in [7, 11) is 3.24. The van der Waals surface area contributed by atoms with E-state index in [0.29, 0.717) is 17.3 Å². The molecular weight excluding hydrogens is 392 g/mol. The fraction of sp³-hybridized carbons (Fsp3) is 0.364. The number of alkyl carbamates (subject to hydrolysis) is 1. The number of amides is 2. The lowest BCUT2D eigenvalue weighted by Gasteiger charge is -2.27. The first-order chi connectivity index (χ1) is 13.8. The van der Waals surface area contributed by atoms with E-state index in [0.717, 1.165) is 11.1 Å². The molecule has 0 aliphatic rings. The van der Waals surface area contributed by atoms with Gasteiger partial charge in [-0.05, 0) is 29.7 Å². The maximum absolute atomic E-state index is 13.0. The second-order valence-corrected chi connectivity index (χ2v) is 7.51. The normalized spacial score (nSPS) is 11.7. The van der Waals surface area contributed by atoms with E-state index in [1.54, 1.807) is 32.4 Å². The van der Waals surface area contributed by atoms with Crippen LogP contribution in [0, 0.1) is 5.92 Å². The van der Waals surface area contributed by atoms with Gasteiger partial charge in [0.1, 0.15) is 18.4 Å². The molecule has 1 N–H and O–H groups in total. The number of carbonyl (C=O) groups excluding carboxylic acids is 2. The minimum Gasteiger partial charge on any atom is -0.496 e. The molecule has 0 aromatic heterocycles. The van der Waals surface area contributed by atoms with E-state index < -0.39 is 12.1 Å². The van der Waals surface area contributed by atoms with E-state index in [9.17, 15) is 9.59 Å². The van der Waals surface area contributed by atoms with E-state index in [1.807, 2.05) is 44.2 Å². The van der Waals surface area contributed by atoms with Crippen molar-refractivity contribution in [3.05, 3.63) is 64.7 Å². The van der Waals surface area contributed by atoms with E-state index in [2.05, 4.69) is 5.32 Å². The van der Waals surface area contributed by atoms with E-state index >= 15 is 0 Å². The lowest BCUT2D eigenvalue weighted by Crippen LogP contribution is -2.50. The average molecular weight is 419 g/mol. The van der Waals surface area contributed by atoms with Gasteiger partial charge in [-0.1, -0.05) is 55.8 Å². The van der Waals surface area contributed by atoms with Crippen LogP contribution < -0.4 is 10.1 Å². The molecule has 29 heavy (non-hydrogen) atoms. The van der Waals surface area contributed by atoms with Crippen LogP contribution in [0.5, 0.6) is 5.75 Å². The molecule has 156 valence electrons. The summed E-state index contributed by atoms with van der Waals surface area (Å²) in [6.07, 6.45) is -0.630. The molecule has 0 spiro atoms. The van der Waals surface area contributed by atoms with Gasteiger partial charge < -0.3 is 19.7 Å². The highest BCUT2D eigenvalue weighted by molar-refractivity contribution is 6.30. The molecule has 0 bridgehead atoms. The third-order valence-corrected chi connectivity index (χ3v) is 4.68. The summed E-state index contributed by atoms with van der Waals surface area (Å²) >= 11 is 6.07. The molecule has 7 heteroatoms. The zero-order valence-corrected chi connectivity index (χ0v) is 17.9. The molecule has 2 amide bonds. The fourth-order valence-electron chi connectivity index (χ4n) is 2.85. The Hall–Kier alpha value is -2.73. The summed E-state index contributed by atoms with van der Waals surface area (Å²) in [6.45, 7) is 4.18. The number of likely N-dealkylation sites (N-methyl/N-ethyl adjacent to an activating group) is 1. The van der Waals surface area contributed by atoms with Crippen molar-refractivity contribution in [2.75, 3.05) is 14.2 Å². The Morgan fingerprint density at radius 1 is 1.14 bits per heavy atom. The Morgan fingerprint density at radius 3 is 2.45 bits per heavy atom. The molecule has 0 aliphatic carbocycles. The molecule has 1 atom stereocenters. The number of carbonyl (C=O) groups is 2. The zero-order valence-electron chi connectivity index (χ0n) is 17.1. The van der Waals surface area contributed by atoms with Crippen LogP contribution in [0.2, 0.25) is 5.02 Å². The van der Waals surface area contributed by atoms with Gasteiger partial charge in [-0.3, -0.25) is 4.79 Å². The van der Waals surface area contributed by atoms with Crippen LogP contribution in [0.3, 0.4) is 0 Å². The SMILES string of the molecule is COc1ccc(Cl)cc1CN(C)C(=O)[C@@H](NC(=O)OCc1ccccc1)C(C)C. The summed E-state index contributed by atoms with van der Waals surface area (Å²) in [5, 5.41) is 3.24. The van der Waals surface area contributed by atoms with Gasteiger partial charge in [0.25, 0.3) is 0 Å². The lowest BCUT2D eigenvalue weighted by atomic mass is 10.0. The van der Waals surface area contributed by atoms with Crippen molar-refractivity contribution in [2.45, 2.75) is 33.0 Å². The van der Waals surface area contributed by atoms with Crippen molar-refractivity contribution in [2.24, 2.45) is 5.92 Å². The van der Waals surface area contributed by atoms with Crippen LogP contribution in [0.25, 0.3) is 0 Å². The van der Waals surface area contributed by atoms with Crippen LogP contribution in [0.15, 0.2) is 48.5 Å². The van der Waals surface area contributed by atoms with Crippen molar-refractivity contribution < 1.29 is 19.1 Å². The summed E-state index contributed by atoms with van der Waals surface area (Å²) in [5.74, 6) is 0.305. The summed E-state index contributed by atoms with van der Waals surface area (Å²) in [6, 6.07) is 13.9. The quantitative estimate of drug-likeness (QED) is 0.695. The molecular formula is C22H27ClN2O4. The molecule has 0 saturated heterocycles. The molecule has 0 unspecified atom stereocenters. The highest BCUT2D eigenvalue weighted by Gasteiger charge is 2.28. The highest BCUT2D eigenvalue weighted by atomic mass is 35.5. The predicted molar refractivity (Wildman–Crippen MR) is 113 cm³/mol. The molecule has 2 rings (SSSR count). The van der Waals surface area contributed by atoms with Gasteiger partial charge in [0, 0.05) is 24.2 Å². The molecule has 6 nitrogen and oxygen atoms in total. The number of nitrogens with zero attached hydrogens (tertiary/aromatic N) is 1. The maximum atomic E-state index is 13.0. The third kappa shape index (κ3) is 6.68. The van der Waals surface area contributed by atoms with Crippen molar-refractivity contribution in [1.82, 2.24) is 10.2 Å². The van der Waals surface area contributed by atoms with Crippen molar-refractivity contribution >= 4 is 23.6 Å². The number of halogens is 1. The first-order valence-electron chi connectivity index (χ1n) is 9.36. The Bertz CT molecular complexity index is 827. The second kappa shape index (κ2) is 10.7. The minimum absolute atomic E-state index is 0.115. The molecule has 0 saturated carbocycles. The highest BCUT2D eigenvalue weighted by Crippen LogP contribution is 2.24. The predicted octanol–water partition coefficient (Wildman–Crippen LogP) is 4.26. The topological polar surface area (TPSA) is 67.9 Å². The van der Waals surface area contributed by atoms with Crippen LogP contribution in [-0.4, -0.2) is 37.1 Å². The van der Waals surface area contributed by atoms with Crippen LogP contribution >= 0.6 is 11.6 Å². The van der Waals surface area contributed by atoms with Gasteiger partial charge in [-0.2, -0.15) is 0 Å².